The first-order valence-corrected chi connectivity index (χ1v) is 26.0. The second-order valence-corrected chi connectivity index (χ2v) is 19.9. The maximum absolute atomic E-state index is 13.8. The number of unbranched alkanes of at least 4 members (excludes halogenated alkanes) is 2. The number of nitrogens with zero attached hydrogens (tertiary/aromatic N) is 7. The number of carbonyl (C=O) groups excluding carboxylic acids is 7. The third kappa shape index (κ3) is 14.3. The molecule has 6 amide bonds. The number of nitrogens with one attached hydrogen (secondary N) is 3. The number of Topliss-reactive ketones (excluding diaryl/α,β-unsaturated/α-hetero) is 2. The molecule has 5 N–H and O–H groups in total. The molecule has 19 nitrogen and oxygen atoms in total. The van der Waals surface area contributed by atoms with Crippen molar-refractivity contribution in [1.29, 1.82) is 0 Å². The number of rotatable bonds is 25. The van der Waals surface area contributed by atoms with E-state index in [-0.39, 0.29) is 74.7 Å². The molecule has 6 aromatic rings. The van der Waals surface area contributed by atoms with Gasteiger partial charge >= 0.3 is 12.1 Å². The summed E-state index contributed by atoms with van der Waals surface area (Å²) < 4.78 is 7.49. The van der Waals surface area contributed by atoms with Gasteiger partial charge in [-0.1, -0.05) is 68.8 Å². The number of imidazole rings is 1. The van der Waals surface area contributed by atoms with E-state index in [0.717, 1.165) is 57.4 Å². The number of pyridine rings is 2. The van der Waals surface area contributed by atoms with Crippen LogP contribution in [0.5, 0.6) is 0 Å². The molecule has 6 heterocycles. The van der Waals surface area contributed by atoms with Crippen molar-refractivity contribution in [1.82, 2.24) is 50.0 Å². The first-order chi connectivity index (χ1) is 36.7. The average molecular weight is 1030 g/mol. The predicted octanol–water partition coefficient (Wildman–Crippen LogP) is 6.73. The van der Waals surface area contributed by atoms with E-state index in [0.29, 0.717) is 57.2 Å². The summed E-state index contributed by atoms with van der Waals surface area (Å²) in [5, 5.41) is 9.74. The zero-order valence-electron chi connectivity index (χ0n) is 43.3. The molecule has 0 radical (unpaired) electrons. The first-order valence-electron chi connectivity index (χ1n) is 26.0. The van der Waals surface area contributed by atoms with Crippen LogP contribution >= 0.6 is 0 Å². The van der Waals surface area contributed by atoms with Gasteiger partial charge in [-0.2, -0.15) is 5.10 Å². The van der Waals surface area contributed by atoms with E-state index < -0.39 is 30.0 Å². The Morgan fingerprint density at radius 3 is 2.39 bits per heavy atom. The number of hydrogen-bond donors (Lipinski definition) is 4. The van der Waals surface area contributed by atoms with E-state index in [1.165, 1.54) is 34.5 Å². The number of aromatic nitrogens is 6. The Morgan fingerprint density at radius 2 is 1.63 bits per heavy atom. The topological polar surface area (TPSA) is 257 Å². The molecule has 4 aromatic heterocycles. The molecule has 8 rings (SSSR count). The fourth-order valence-electron chi connectivity index (χ4n) is 9.58. The van der Waals surface area contributed by atoms with Gasteiger partial charge in [-0.15, -0.1) is 0 Å². The number of urea groups is 1. The first kappa shape index (κ1) is 53.9. The number of H-pyrrole nitrogens is 1. The summed E-state index contributed by atoms with van der Waals surface area (Å²) in [4.78, 5) is 109. The van der Waals surface area contributed by atoms with E-state index in [1.54, 1.807) is 33.7 Å². The fraction of sp³-hybridized carbons (Fsp3) is 0.386. The van der Waals surface area contributed by atoms with E-state index in [2.05, 4.69) is 43.9 Å². The van der Waals surface area contributed by atoms with Gasteiger partial charge in [-0.05, 0) is 103 Å². The molecule has 0 spiro atoms. The summed E-state index contributed by atoms with van der Waals surface area (Å²) in [6, 6.07) is 21.9. The molecule has 0 bridgehead atoms. The van der Waals surface area contributed by atoms with Gasteiger partial charge in [-0.3, -0.25) is 33.9 Å². The van der Waals surface area contributed by atoms with Crippen LogP contribution in [0.1, 0.15) is 98.1 Å². The lowest BCUT2D eigenvalue weighted by molar-refractivity contribution is -0.137. The van der Waals surface area contributed by atoms with Crippen molar-refractivity contribution >= 4 is 47.1 Å². The molecule has 2 aliphatic rings. The zero-order valence-corrected chi connectivity index (χ0v) is 43.3. The van der Waals surface area contributed by atoms with E-state index in [1.807, 2.05) is 57.3 Å². The van der Waals surface area contributed by atoms with Crippen molar-refractivity contribution < 1.29 is 38.3 Å². The van der Waals surface area contributed by atoms with Crippen LogP contribution in [0, 0.1) is 18.8 Å². The number of aryl methyl sites for hydroxylation is 3. The van der Waals surface area contributed by atoms with Gasteiger partial charge in [0.15, 0.2) is 11.4 Å². The van der Waals surface area contributed by atoms with Crippen LogP contribution in [0.25, 0.3) is 28.3 Å². The standard InChI is InChI=1S/C57H65N11O8/c1-36(2)45(31-44(69)10-5-4-6-27-67-51(71)23-24-52(67)72)55(73)63-46(12-8-26-59-56(58)74)48(70)30-39-13-15-40(16-14-39)34-76-57(75)66-28-25-41-29-38(17-19-42(41)32-66)18-21-49-64-53(43-20-22-50-60-35-61-68(50)33-43)54(65-49)47-11-7-9-37(3)62-47/h7,9,11,13-17,19-20,22-24,29,33,35-36,45-46H,4-6,8,10,12,18,21,25-28,30-32,34H2,1-3H3,(H,63,73)(H,64,65)(H3,58,59,74)/t45-,46-/m0/s1. The van der Waals surface area contributed by atoms with Gasteiger partial charge in [-0.25, -0.2) is 24.1 Å². The monoisotopic (exact) mass is 1030 g/mol. The number of benzene rings is 2. The molecule has 2 aliphatic heterocycles. The Labute approximate surface area is 441 Å². The summed E-state index contributed by atoms with van der Waals surface area (Å²) in [6.45, 7) is 7.16. The quantitative estimate of drug-likeness (QED) is 0.0344. The number of primary amides is 1. The fourth-order valence-corrected chi connectivity index (χ4v) is 9.58. The average Bonchev–Trinajstić information content (AvgIpc) is 4.15. The van der Waals surface area contributed by atoms with Crippen LogP contribution in [0.4, 0.5) is 9.59 Å². The highest BCUT2D eigenvalue weighted by atomic mass is 16.6. The van der Waals surface area contributed by atoms with Crippen LogP contribution in [0.2, 0.25) is 0 Å². The van der Waals surface area contributed by atoms with Crippen molar-refractivity contribution in [2.75, 3.05) is 19.6 Å². The van der Waals surface area contributed by atoms with Gasteiger partial charge < -0.3 is 31.0 Å². The number of ketones is 2. The second kappa shape index (κ2) is 25.3. The normalized spacial score (nSPS) is 14.0. The highest BCUT2D eigenvalue weighted by Gasteiger charge is 2.30. The SMILES string of the molecule is Cc1cccc(-c2[nH]c(CCc3ccc4c(c3)CCN(C(=O)OCc3ccc(CC(=O)[C@H](CCCNC(N)=O)NC(=O)[C@@H](CC(=O)CCCCCN5C(=O)C=CC5=O)C(C)C)cc3)C4)nc2-c2ccc3ncnn3c2)n1. The molecular formula is C57H65N11O8. The van der Waals surface area contributed by atoms with Gasteiger partial charge in [0.25, 0.3) is 11.8 Å². The lowest BCUT2D eigenvalue weighted by Gasteiger charge is -2.28. The van der Waals surface area contributed by atoms with Crippen LogP contribution in [0.3, 0.4) is 0 Å². The molecule has 0 fully saturated rings. The number of hydrogen-bond acceptors (Lipinski definition) is 12. The Balaban J connectivity index is 0.804. The number of nitrogens with two attached hydrogens (primary N) is 1. The van der Waals surface area contributed by atoms with Crippen molar-refractivity contribution in [3.8, 4) is 22.6 Å². The van der Waals surface area contributed by atoms with Gasteiger partial charge in [0.1, 0.15) is 24.5 Å². The van der Waals surface area contributed by atoms with Crippen molar-refractivity contribution in [2.24, 2.45) is 17.6 Å². The van der Waals surface area contributed by atoms with E-state index >= 15 is 0 Å². The van der Waals surface area contributed by atoms with Crippen LogP contribution < -0.4 is 16.4 Å². The summed E-state index contributed by atoms with van der Waals surface area (Å²) in [5.74, 6) is -1.40. The predicted molar refractivity (Wildman–Crippen MR) is 283 cm³/mol. The van der Waals surface area contributed by atoms with Crippen LogP contribution in [-0.2, 0) is 67.5 Å². The molecule has 19 heteroatoms. The van der Waals surface area contributed by atoms with E-state index in [9.17, 15) is 33.6 Å². The Hall–Kier alpha value is -8.35. The lowest BCUT2D eigenvalue weighted by Crippen LogP contribution is -2.46. The molecule has 2 aromatic carbocycles. The zero-order chi connectivity index (χ0) is 53.7. The van der Waals surface area contributed by atoms with E-state index in [4.69, 9.17) is 20.4 Å². The number of amides is 6. The number of ether oxygens (including phenoxy) is 1. The maximum Gasteiger partial charge on any atom is 0.410 e. The van der Waals surface area contributed by atoms with Gasteiger partial charge in [0.2, 0.25) is 5.91 Å². The maximum atomic E-state index is 13.8. The lowest BCUT2D eigenvalue weighted by atomic mass is 9.88. The minimum Gasteiger partial charge on any atom is -0.445 e. The molecule has 76 heavy (non-hydrogen) atoms. The second-order valence-electron chi connectivity index (χ2n) is 19.9. The minimum atomic E-state index is -0.883. The highest BCUT2D eigenvalue weighted by Crippen LogP contribution is 2.31. The van der Waals surface area contributed by atoms with Crippen LogP contribution in [0.15, 0.2) is 97.5 Å². The van der Waals surface area contributed by atoms with Gasteiger partial charge in [0, 0.05) is 87.4 Å². The largest absolute Gasteiger partial charge is 0.445 e. The third-order valence-electron chi connectivity index (χ3n) is 13.9. The Kier molecular flexibility index (Phi) is 17.9. The van der Waals surface area contributed by atoms with Crippen LogP contribution in [-0.4, -0.2) is 106 Å². The number of imide groups is 1. The minimum absolute atomic E-state index is 0.00906. The highest BCUT2D eigenvalue weighted by molar-refractivity contribution is 6.12. The summed E-state index contributed by atoms with van der Waals surface area (Å²) in [5.41, 5.74) is 15.1. The third-order valence-corrected chi connectivity index (χ3v) is 13.9. The molecule has 2 atom stereocenters. The number of aromatic amines is 1. The molecule has 0 aliphatic carbocycles. The Morgan fingerprint density at radius 1 is 0.855 bits per heavy atom. The number of carbonyl (C=O) groups is 7. The molecule has 0 saturated carbocycles. The molecule has 0 unspecified atom stereocenters. The summed E-state index contributed by atoms with van der Waals surface area (Å²) in [6.07, 6.45) is 10.3. The van der Waals surface area contributed by atoms with Crippen molar-refractivity contribution in [3.05, 3.63) is 137 Å². The summed E-state index contributed by atoms with van der Waals surface area (Å²) in [7, 11) is 0. The van der Waals surface area contributed by atoms with Crippen molar-refractivity contribution in [2.45, 2.75) is 111 Å². The number of fused-ring (bicyclic) bond motifs is 2. The van der Waals surface area contributed by atoms with Crippen molar-refractivity contribution in [3.63, 3.8) is 0 Å². The van der Waals surface area contributed by atoms with Gasteiger partial charge in [0.05, 0.1) is 23.1 Å². The molecular weight excluding hydrogens is 967 g/mol. The Bertz CT molecular complexity index is 3110. The molecule has 396 valence electrons. The smallest absolute Gasteiger partial charge is 0.410 e. The molecule has 0 saturated heterocycles. The summed E-state index contributed by atoms with van der Waals surface area (Å²) >= 11 is 0.